The predicted molar refractivity (Wildman–Crippen MR) is 165 cm³/mol. The molecule has 1 heterocycles. The topological polar surface area (TPSA) is 93.4 Å². The third-order valence-corrected chi connectivity index (χ3v) is 7.39. The van der Waals surface area contributed by atoms with E-state index < -0.39 is 5.25 Å². The molecule has 1 aromatic heterocycles. The van der Waals surface area contributed by atoms with Gasteiger partial charge in [0.1, 0.15) is 12.4 Å². The zero-order valence-corrected chi connectivity index (χ0v) is 24.4. The number of thioether (sulfide) groups is 1. The van der Waals surface area contributed by atoms with Crippen LogP contribution in [0.2, 0.25) is 0 Å². The van der Waals surface area contributed by atoms with Crippen LogP contribution in [-0.4, -0.2) is 32.1 Å². The Labute approximate surface area is 246 Å². The van der Waals surface area contributed by atoms with Crippen LogP contribution in [0.15, 0.2) is 102 Å². The van der Waals surface area contributed by atoms with Crippen molar-refractivity contribution >= 4 is 52.2 Å². The average Bonchev–Trinajstić information content (AvgIpc) is 3.33. The molecule has 4 rings (SSSR count). The monoisotopic (exact) mass is 652 g/mol. The van der Waals surface area contributed by atoms with Crippen LogP contribution in [-0.2, 0) is 24.5 Å². The van der Waals surface area contributed by atoms with E-state index in [-0.39, 0.29) is 5.91 Å². The number of anilines is 1. The zero-order chi connectivity index (χ0) is 27.5. The molecule has 0 fully saturated rings. The van der Waals surface area contributed by atoms with E-state index in [0.717, 1.165) is 22.6 Å². The molecular formula is C29H29IN6O2S. The Morgan fingerprint density at radius 3 is 2.62 bits per heavy atom. The molecular weight excluding hydrogens is 623 g/mol. The number of allylic oxidation sites excluding steroid dienone is 1. The maximum absolute atomic E-state index is 12.8. The highest BCUT2D eigenvalue weighted by atomic mass is 127. The number of hydrogen-bond donors (Lipinski definition) is 2. The number of benzene rings is 3. The number of ether oxygens (including phenoxy) is 1. The van der Waals surface area contributed by atoms with Crippen molar-refractivity contribution in [3.05, 3.63) is 112 Å². The molecule has 0 aliphatic rings. The Hall–Kier alpha value is -3.64. The summed E-state index contributed by atoms with van der Waals surface area (Å²) in [4.78, 5) is 12.8. The molecule has 10 heteroatoms. The molecule has 0 spiro atoms. The van der Waals surface area contributed by atoms with Gasteiger partial charge in [-0.25, -0.2) is 5.43 Å². The maximum atomic E-state index is 12.8. The SMILES string of the molecule is C=CCn1c(CNc2ccc(I)cc2)nnc1SC(C)C(=O)NN=Cc1ccccc1OCc1ccccc1. The van der Waals surface area contributed by atoms with Gasteiger partial charge < -0.3 is 14.6 Å². The second kappa shape index (κ2) is 14.5. The van der Waals surface area contributed by atoms with Crippen LogP contribution in [0.5, 0.6) is 5.75 Å². The lowest BCUT2D eigenvalue weighted by molar-refractivity contribution is -0.120. The van der Waals surface area contributed by atoms with E-state index in [0.29, 0.717) is 30.6 Å². The van der Waals surface area contributed by atoms with Crippen LogP contribution in [0.3, 0.4) is 0 Å². The van der Waals surface area contributed by atoms with Gasteiger partial charge >= 0.3 is 0 Å². The van der Waals surface area contributed by atoms with E-state index in [9.17, 15) is 4.79 Å². The third-order valence-electron chi connectivity index (χ3n) is 5.59. The molecule has 0 radical (unpaired) electrons. The Kier molecular flexibility index (Phi) is 10.5. The first kappa shape index (κ1) is 28.4. The summed E-state index contributed by atoms with van der Waals surface area (Å²) in [6, 6.07) is 25.6. The van der Waals surface area contributed by atoms with Gasteiger partial charge in [-0.2, -0.15) is 5.10 Å². The normalized spacial score (nSPS) is 11.7. The lowest BCUT2D eigenvalue weighted by Gasteiger charge is -2.12. The first-order valence-electron chi connectivity index (χ1n) is 12.3. The van der Waals surface area contributed by atoms with Crippen molar-refractivity contribution in [2.75, 3.05) is 5.32 Å². The van der Waals surface area contributed by atoms with Gasteiger partial charge in [-0.05, 0) is 71.5 Å². The summed E-state index contributed by atoms with van der Waals surface area (Å²) >= 11 is 3.59. The van der Waals surface area contributed by atoms with E-state index in [1.54, 1.807) is 12.3 Å². The summed E-state index contributed by atoms with van der Waals surface area (Å²) < 4.78 is 9.08. The van der Waals surface area contributed by atoms with Crippen molar-refractivity contribution < 1.29 is 9.53 Å². The second-order valence-electron chi connectivity index (χ2n) is 8.46. The third kappa shape index (κ3) is 8.42. The second-order valence-corrected chi connectivity index (χ2v) is 11.0. The van der Waals surface area contributed by atoms with E-state index >= 15 is 0 Å². The number of nitrogens with zero attached hydrogens (tertiary/aromatic N) is 4. The van der Waals surface area contributed by atoms with Crippen molar-refractivity contribution in [1.82, 2.24) is 20.2 Å². The minimum Gasteiger partial charge on any atom is -0.488 e. The standard InChI is InChI=1S/C29H29IN6O2S/c1-3-17-36-27(19-31-25-15-13-24(30)14-16-25)33-35-29(36)39-21(2)28(37)34-32-18-23-11-7-8-12-26(23)38-20-22-9-5-4-6-10-22/h3-16,18,21,31H,1,17,19-20H2,2H3,(H,34,37). The Balaban J connectivity index is 1.33. The maximum Gasteiger partial charge on any atom is 0.253 e. The van der Waals surface area contributed by atoms with Crippen LogP contribution >= 0.6 is 34.4 Å². The van der Waals surface area contributed by atoms with Crippen LogP contribution < -0.4 is 15.5 Å². The molecule has 3 aromatic carbocycles. The van der Waals surface area contributed by atoms with Gasteiger partial charge in [0.25, 0.3) is 5.91 Å². The largest absolute Gasteiger partial charge is 0.488 e. The number of para-hydroxylation sites is 1. The zero-order valence-electron chi connectivity index (χ0n) is 21.5. The first-order valence-corrected chi connectivity index (χ1v) is 14.3. The molecule has 0 saturated heterocycles. The number of hydrazone groups is 1. The smallest absolute Gasteiger partial charge is 0.253 e. The Morgan fingerprint density at radius 2 is 1.85 bits per heavy atom. The highest BCUT2D eigenvalue weighted by Crippen LogP contribution is 2.23. The fourth-order valence-electron chi connectivity index (χ4n) is 3.52. The molecule has 1 amide bonds. The van der Waals surface area contributed by atoms with Crippen LogP contribution in [0, 0.1) is 3.57 Å². The summed E-state index contributed by atoms with van der Waals surface area (Å²) in [6.07, 6.45) is 3.37. The molecule has 0 aliphatic carbocycles. The van der Waals surface area contributed by atoms with Crippen LogP contribution in [0.25, 0.3) is 0 Å². The molecule has 0 saturated carbocycles. The van der Waals surface area contributed by atoms with Gasteiger partial charge in [0.05, 0.1) is 18.0 Å². The number of aromatic nitrogens is 3. The lowest BCUT2D eigenvalue weighted by atomic mass is 10.2. The van der Waals surface area contributed by atoms with Gasteiger partial charge in [0.15, 0.2) is 11.0 Å². The number of amides is 1. The Morgan fingerprint density at radius 1 is 1.10 bits per heavy atom. The molecule has 0 aliphatic heterocycles. The van der Waals surface area contributed by atoms with Gasteiger partial charge in [0.2, 0.25) is 0 Å². The van der Waals surface area contributed by atoms with Crippen molar-refractivity contribution in [3.63, 3.8) is 0 Å². The average molecular weight is 653 g/mol. The summed E-state index contributed by atoms with van der Waals surface area (Å²) in [5, 5.41) is 16.4. The molecule has 2 N–H and O–H groups in total. The number of hydrogen-bond acceptors (Lipinski definition) is 7. The molecule has 0 bridgehead atoms. The summed E-state index contributed by atoms with van der Waals surface area (Å²) in [6.45, 7) is 7.14. The van der Waals surface area contributed by atoms with Crippen molar-refractivity contribution in [2.45, 2.75) is 37.0 Å². The molecule has 39 heavy (non-hydrogen) atoms. The number of rotatable bonds is 13. The first-order chi connectivity index (χ1) is 19.0. The van der Waals surface area contributed by atoms with Crippen LogP contribution in [0.1, 0.15) is 23.9 Å². The molecule has 200 valence electrons. The Bertz CT molecular complexity index is 1410. The minimum atomic E-state index is -0.448. The molecule has 4 aromatic rings. The summed E-state index contributed by atoms with van der Waals surface area (Å²) in [7, 11) is 0. The molecule has 8 nitrogen and oxygen atoms in total. The van der Waals surface area contributed by atoms with E-state index in [1.807, 2.05) is 90.4 Å². The van der Waals surface area contributed by atoms with Crippen molar-refractivity contribution in [3.8, 4) is 5.75 Å². The lowest BCUT2D eigenvalue weighted by Crippen LogP contribution is -2.27. The quantitative estimate of drug-likeness (QED) is 0.0616. The number of halogens is 1. The van der Waals surface area contributed by atoms with E-state index in [4.69, 9.17) is 4.74 Å². The fraction of sp³-hybridized carbons (Fsp3) is 0.172. The fourth-order valence-corrected chi connectivity index (χ4v) is 4.75. The van der Waals surface area contributed by atoms with Gasteiger partial charge in [-0.1, -0.05) is 60.3 Å². The van der Waals surface area contributed by atoms with Crippen LogP contribution in [0.4, 0.5) is 5.69 Å². The van der Waals surface area contributed by atoms with E-state index in [1.165, 1.54) is 15.3 Å². The minimum absolute atomic E-state index is 0.245. The summed E-state index contributed by atoms with van der Waals surface area (Å²) in [5.74, 6) is 1.20. The number of nitrogens with one attached hydrogen (secondary N) is 2. The van der Waals surface area contributed by atoms with Gasteiger partial charge in [0, 0.05) is 21.4 Å². The summed E-state index contributed by atoms with van der Waals surface area (Å²) in [5.41, 5.74) is 5.46. The van der Waals surface area contributed by atoms with Gasteiger partial charge in [-0.15, -0.1) is 16.8 Å². The van der Waals surface area contributed by atoms with Crippen molar-refractivity contribution in [2.24, 2.45) is 5.10 Å². The predicted octanol–water partition coefficient (Wildman–Crippen LogP) is 5.89. The number of carbonyl (C=O) groups excluding carboxylic acids is 1. The molecule has 1 unspecified atom stereocenters. The highest BCUT2D eigenvalue weighted by Gasteiger charge is 2.19. The number of carbonyl (C=O) groups is 1. The van der Waals surface area contributed by atoms with E-state index in [2.05, 4.69) is 55.2 Å². The van der Waals surface area contributed by atoms with Gasteiger partial charge in [-0.3, -0.25) is 4.79 Å². The highest BCUT2D eigenvalue weighted by molar-refractivity contribution is 14.1. The van der Waals surface area contributed by atoms with Crippen molar-refractivity contribution in [1.29, 1.82) is 0 Å². The molecule has 1 atom stereocenters.